The minimum atomic E-state index is -3.29. The van der Waals surface area contributed by atoms with Crippen LogP contribution in [0.5, 0.6) is 0 Å². The van der Waals surface area contributed by atoms with Crippen molar-refractivity contribution in [1.29, 1.82) is 0 Å². The van der Waals surface area contributed by atoms with Gasteiger partial charge in [-0.2, -0.15) is 0 Å². The van der Waals surface area contributed by atoms with Crippen LogP contribution in [0, 0.1) is 0 Å². The van der Waals surface area contributed by atoms with Crippen molar-refractivity contribution in [2.45, 2.75) is 11.4 Å². The summed E-state index contributed by atoms with van der Waals surface area (Å²) >= 11 is 0. The maximum atomic E-state index is 11.9. The van der Waals surface area contributed by atoms with Gasteiger partial charge in [0.1, 0.15) is 0 Å². The zero-order valence-electron chi connectivity index (χ0n) is 16.4. The summed E-state index contributed by atoms with van der Waals surface area (Å²) in [5.74, 6) is 0. The van der Waals surface area contributed by atoms with Gasteiger partial charge in [-0.15, -0.1) is 0 Å². The summed E-state index contributed by atoms with van der Waals surface area (Å²) in [5, 5.41) is 0. The average Bonchev–Trinajstić information content (AvgIpc) is 2.79. The Morgan fingerprint density at radius 1 is 0.833 bits per heavy atom. The van der Waals surface area contributed by atoms with E-state index in [1.54, 1.807) is 36.8 Å². The molecule has 0 aliphatic carbocycles. The van der Waals surface area contributed by atoms with Gasteiger partial charge in [0, 0.05) is 42.5 Å². The molecule has 7 heteroatoms. The highest BCUT2D eigenvalue weighted by atomic mass is 32.2. The van der Waals surface area contributed by atoms with Crippen LogP contribution in [0.25, 0.3) is 33.6 Å². The van der Waals surface area contributed by atoms with Crippen LogP contribution in [-0.2, 0) is 16.4 Å². The first-order valence-electron chi connectivity index (χ1n) is 9.32. The normalized spacial score (nSPS) is 11.4. The van der Waals surface area contributed by atoms with Crippen molar-refractivity contribution in [3.63, 3.8) is 0 Å². The number of benzene rings is 1. The second kappa shape index (κ2) is 8.14. The monoisotopic (exact) mass is 416 g/mol. The van der Waals surface area contributed by atoms with E-state index in [4.69, 9.17) is 5.73 Å². The fraction of sp³-hybridized carbons (Fsp3) is 0.0870. The summed E-state index contributed by atoms with van der Waals surface area (Å²) in [7, 11) is -3.29. The van der Waals surface area contributed by atoms with Gasteiger partial charge in [-0.25, -0.2) is 13.4 Å². The van der Waals surface area contributed by atoms with Crippen molar-refractivity contribution >= 4 is 9.84 Å². The number of aromatic nitrogens is 3. The molecule has 0 saturated carbocycles. The summed E-state index contributed by atoms with van der Waals surface area (Å²) in [4.78, 5) is 13.6. The maximum absolute atomic E-state index is 11.9. The van der Waals surface area contributed by atoms with Gasteiger partial charge in [-0.05, 0) is 53.6 Å². The first-order valence-corrected chi connectivity index (χ1v) is 11.2. The first-order chi connectivity index (χ1) is 14.4. The third kappa shape index (κ3) is 4.27. The highest BCUT2D eigenvalue weighted by Crippen LogP contribution is 2.29. The van der Waals surface area contributed by atoms with Crippen molar-refractivity contribution in [1.82, 2.24) is 15.0 Å². The molecule has 0 atom stereocenters. The second-order valence-corrected chi connectivity index (χ2v) is 8.93. The summed E-state index contributed by atoms with van der Waals surface area (Å²) in [6, 6.07) is 18.4. The smallest absolute Gasteiger partial charge is 0.175 e. The summed E-state index contributed by atoms with van der Waals surface area (Å²) in [6.07, 6.45) is 6.41. The molecule has 0 aliphatic rings. The molecule has 150 valence electrons. The van der Waals surface area contributed by atoms with E-state index in [0.29, 0.717) is 6.54 Å². The molecule has 0 bridgehead atoms. The zero-order chi connectivity index (χ0) is 21.1. The van der Waals surface area contributed by atoms with E-state index >= 15 is 0 Å². The molecule has 6 nitrogen and oxygen atoms in total. The van der Waals surface area contributed by atoms with Gasteiger partial charge in [0.2, 0.25) is 0 Å². The highest BCUT2D eigenvalue weighted by molar-refractivity contribution is 7.90. The van der Waals surface area contributed by atoms with Crippen molar-refractivity contribution in [3.8, 4) is 33.6 Å². The van der Waals surface area contributed by atoms with Gasteiger partial charge in [0.25, 0.3) is 0 Å². The third-order valence-corrected chi connectivity index (χ3v) is 5.79. The lowest BCUT2D eigenvalue weighted by molar-refractivity contribution is 0.602. The molecule has 0 aliphatic heterocycles. The molecule has 4 rings (SSSR count). The van der Waals surface area contributed by atoms with Crippen LogP contribution in [0.15, 0.2) is 84.1 Å². The molecule has 1 aromatic carbocycles. The Morgan fingerprint density at radius 3 is 2.33 bits per heavy atom. The molecule has 4 aromatic rings. The number of hydrogen-bond donors (Lipinski definition) is 1. The van der Waals surface area contributed by atoms with E-state index < -0.39 is 9.84 Å². The Balaban J connectivity index is 1.80. The van der Waals surface area contributed by atoms with Crippen LogP contribution in [-0.4, -0.2) is 29.6 Å². The van der Waals surface area contributed by atoms with Gasteiger partial charge >= 0.3 is 0 Å². The fourth-order valence-corrected chi connectivity index (χ4v) is 3.83. The number of sulfone groups is 1. The molecule has 0 fully saturated rings. The van der Waals surface area contributed by atoms with E-state index in [-0.39, 0.29) is 4.90 Å². The largest absolute Gasteiger partial charge is 0.325 e. The molecule has 0 saturated heterocycles. The molecule has 30 heavy (non-hydrogen) atoms. The molecule has 3 heterocycles. The summed E-state index contributed by atoms with van der Waals surface area (Å²) < 4.78 is 23.8. The third-order valence-electron chi connectivity index (χ3n) is 4.68. The maximum Gasteiger partial charge on any atom is 0.175 e. The highest BCUT2D eigenvalue weighted by Gasteiger charge is 2.11. The predicted octanol–water partition coefficient (Wildman–Crippen LogP) is 3.73. The Bertz CT molecular complexity index is 1310. The van der Waals surface area contributed by atoms with Gasteiger partial charge in [-0.3, -0.25) is 9.97 Å². The fourth-order valence-electron chi connectivity index (χ4n) is 3.17. The number of rotatable bonds is 5. The van der Waals surface area contributed by atoms with E-state index in [2.05, 4.69) is 15.0 Å². The van der Waals surface area contributed by atoms with Crippen molar-refractivity contribution < 1.29 is 8.42 Å². The van der Waals surface area contributed by atoms with Crippen LogP contribution in [0.1, 0.15) is 5.69 Å². The topological polar surface area (TPSA) is 98.8 Å². The molecular formula is C23H20N4O2S. The van der Waals surface area contributed by atoms with Crippen LogP contribution in [0.4, 0.5) is 0 Å². The number of pyridine rings is 3. The molecule has 2 N–H and O–H groups in total. The minimum absolute atomic E-state index is 0.275. The van der Waals surface area contributed by atoms with E-state index in [0.717, 1.165) is 39.3 Å². The van der Waals surface area contributed by atoms with Gasteiger partial charge in [-0.1, -0.05) is 18.2 Å². The Labute approximate surface area is 175 Å². The lowest BCUT2D eigenvalue weighted by Gasteiger charge is -2.10. The summed E-state index contributed by atoms with van der Waals surface area (Å²) in [6.45, 7) is 0.303. The van der Waals surface area contributed by atoms with Crippen molar-refractivity contribution in [2.24, 2.45) is 5.73 Å². The minimum Gasteiger partial charge on any atom is -0.325 e. The number of nitrogens with zero attached hydrogens (tertiary/aromatic N) is 3. The van der Waals surface area contributed by atoms with E-state index in [1.807, 2.05) is 42.5 Å². The lowest BCUT2D eigenvalue weighted by Crippen LogP contribution is -2.02. The number of hydrogen-bond acceptors (Lipinski definition) is 6. The second-order valence-electron chi connectivity index (χ2n) is 6.91. The van der Waals surface area contributed by atoms with E-state index in [1.165, 1.54) is 6.26 Å². The van der Waals surface area contributed by atoms with Crippen LogP contribution >= 0.6 is 0 Å². The average molecular weight is 417 g/mol. The zero-order valence-corrected chi connectivity index (χ0v) is 17.2. The lowest BCUT2D eigenvalue weighted by atomic mass is 10.0. The molecular weight excluding hydrogens is 396 g/mol. The number of nitrogens with two attached hydrogens (primary N) is 1. The van der Waals surface area contributed by atoms with Crippen LogP contribution in [0.3, 0.4) is 0 Å². The Hall–Kier alpha value is -3.42. The summed E-state index contributed by atoms with van der Waals surface area (Å²) in [5.41, 5.74) is 11.5. The SMILES string of the molecule is CS(=O)(=O)c1cccc(-c2cncc(-c3cc(CN)nc(-c4ccccn4)c3)c2)c1. The molecule has 0 unspecified atom stereocenters. The molecule has 0 radical (unpaired) electrons. The Kier molecular flexibility index (Phi) is 5.39. The molecule has 3 aromatic heterocycles. The van der Waals surface area contributed by atoms with Gasteiger partial charge < -0.3 is 5.73 Å². The van der Waals surface area contributed by atoms with Crippen LogP contribution in [0.2, 0.25) is 0 Å². The quantitative estimate of drug-likeness (QED) is 0.532. The van der Waals surface area contributed by atoms with E-state index in [9.17, 15) is 8.42 Å². The molecule has 0 amide bonds. The standard InChI is InChI=1S/C23H20N4O2S/c1-30(28,29)21-6-4-5-16(11-21)18-9-19(15-25-14-18)17-10-20(13-24)27-23(12-17)22-7-2-3-8-26-22/h2-12,14-15H,13,24H2,1H3. The van der Waals surface area contributed by atoms with Gasteiger partial charge in [0.05, 0.1) is 22.0 Å². The van der Waals surface area contributed by atoms with Gasteiger partial charge in [0.15, 0.2) is 9.84 Å². The first kappa shape index (κ1) is 19.9. The predicted molar refractivity (Wildman–Crippen MR) is 117 cm³/mol. The van der Waals surface area contributed by atoms with Crippen molar-refractivity contribution in [2.75, 3.05) is 6.26 Å². The van der Waals surface area contributed by atoms with Crippen molar-refractivity contribution in [3.05, 3.63) is 84.9 Å². The van der Waals surface area contributed by atoms with Crippen LogP contribution < -0.4 is 5.73 Å². The molecule has 0 spiro atoms. The Morgan fingerprint density at radius 2 is 1.63 bits per heavy atom.